The van der Waals surface area contributed by atoms with Crippen LogP contribution < -0.4 is 10.6 Å². The van der Waals surface area contributed by atoms with Crippen LogP contribution in [0, 0.1) is 5.92 Å². The van der Waals surface area contributed by atoms with E-state index in [1.807, 2.05) is 0 Å². The molecule has 0 saturated carbocycles. The topological polar surface area (TPSA) is 132 Å². The highest BCUT2D eigenvalue weighted by Crippen LogP contribution is 2.08. The second-order valence-corrected chi connectivity index (χ2v) is 10.1. The van der Waals surface area contributed by atoms with E-state index in [4.69, 9.17) is 37.9 Å². The molecule has 0 fully saturated rings. The zero-order valence-corrected chi connectivity index (χ0v) is 27.0. The van der Waals surface area contributed by atoms with Crippen LogP contribution in [-0.4, -0.2) is 130 Å². The monoisotopic (exact) mass is 612 g/mol. The number of hydrogen-bond donors (Lipinski definition) is 2. The molecule has 0 spiro atoms. The second-order valence-electron chi connectivity index (χ2n) is 10.1. The van der Waals surface area contributed by atoms with Gasteiger partial charge in [-0.1, -0.05) is 40.5 Å². The molecule has 2 atom stereocenters. The van der Waals surface area contributed by atoms with Crippen molar-refractivity contribution in [3.63, 3.8) is 0 Å². The molecule has 0 heterocycles. The molecule has 12 nitrogen and oxygen atoms in total. The molecule has 0 aliphatic rings. The minimum absolute atomic E-state index is 0. The van der Waals surface area contributed by atoms with Gasteiger partial charge in [0, 0.05) is 22.4 Å². The molecule has 0 saturated heterocycles. The zero-order valence-electron chi connectivity index (χ0n) is 27.0. The zero-order chi connectivity index (χ0) is 31.1. The van der Waals surface area contributed by atoms with E-state index in [0.717, 1.165) is 19.3 Å². The molecular weight excluding hydrogens is 548 g/mol. The average molecular weight is 613 g/mol. The van der Waals surface area contributed by atoms with Crippen molar-refractivity contribution in [2.24, 2.45) is 5.92 Å². The van der Waals surface area contributed by atoms with Gasteiger partial charge in [0.25, 0.3) is 0 Å². The van der Waals surface area contributed by atoms with Crippen molar-refractivity contribution >= 4 is 11.8 Å². The molecule has 42 heavy (non-hydrogen) atoms. The van der Waals surface area contributed by atoms with Crippen LogP contribution in [0.5, 0.6) is 0 Å². The Morgan fingerprint density at radius 3 is 1.38 bits per heavy atom. The van der Waals surface area contributed by atoms with E-state index in [1.165, 1.54) is 0 Å². The Balaban J connectivity index is -0.00000840. The second kappa shape index (κ2) is 31.1. The first kappa shape index (κ1) is 40.6. The van der Waals surface area contributed by atoms with Gasteiger partial charge in [-0.2, -0.15) is 0 Å². The van der Waals surface area contributed by atoms with E-state index in [0.29, 0.717) is 105 Å². The third kappa shape index (κ3) is 26.3. The third-order valence-corrected chi connectivity index (χ3v) is 6.21. The van der Waals surface area contributed by atoms with Crippen molar-refractivity contribution in [2.75, 3.05) is 106 Å². The van der Waals surface area contributed by atoms with Crippen LogP contribution >= 0.6 is 0 Å². The summed E-state index contributed by atoms with van der Waals surface area (Å²) < 4.78 is 42.9. The molecule has 0 radical (unpaired) electrons. The van der Waals surface area contributed by atoms with Gasteiger partial charge in [-0.15, -0.1) is 0 Å². The third-order valence-electron chi connectivity index (χ3n) is 6.21. The maximum atomic E-state index is 12.7. The first-order valence-corrected chi connectivity index (χ1v) is 15.6. The van der Waals surface area contributed by atoms with Gasteiger partial charge in [0.15, 0.2) is 0 Å². The van der Waals surface area contributed by atoms with Gasteiger partial charge in [0.05, 0.1) is 99.1 Å². The molecule has 0 aliphatic heterocycles. The molecule has 0 aliphatic carbocycles. The Labute approximate surface area is 257 Å². The number of unbranched alkanes of at least 4 members (excludes halogenated alkanes) is 1. The SMILES string of the molecule is CCCC[C@H](NC(=O)CCOCCOCCOCCOCCOCCOCCOCCOC)C(=O)N[C@H](CC)C(C)C.[HH].[HH]. The summed E-state index contributed by atoms with van der Waals surface area (Å²) in [6.07, 6.45) is 3.52. The summed E-state index contributed by atoms with van der Waals surface area (Å²) in [5.41, 5.74) is 0. The predicted molar refractivity (Wildman–Crippen MR) is 165 cm³/mol. The maximum absolute atomic E-state index is 12.7. The van der Waals surface area contributed by atoms with Gasteiger partial charge < -0.3 is 48.5 Å². The van der Waals surface area contributed by atoms with Crippen molar-refractivity contribution < 1.29 is 50.3 Å². The van der Waals surface area contributed by atoms with Crippen LogP contribution in [-0.2, 0) is 47.5 Å². The Morgan fingerprint density at radius 1 is 0.619 bits per heavy atom. The lowest BCUT2D eigenvalue weighted by molar-refractivity contribution is -0.130. The number of rotatable bonds is 32. The Bertz CT molecular complexity index is 624. The molecule has 0 aromatic heterocycles. The fourth-order valence-electron chi connectivity index (χ4n) is 3.70. The maximum Gasteiger partial charge on any atom is 0.242 e. The van der Waals surface area contributed by atoms with Gasteiger partial charge in [-0.05, 0) is 18.8 Å². The Kier molecular flexibility index (Phi) is 30.0. The highest BCUT2D eigenvalue weighted by molar-refractivity contribution is 5.87. The van der Waals surface area contributed by atoms with E-state index in [2.05, 4.69) is 38.3 Å². The average Bonchev–Trinajstić information content (AvgIpc) is 2.98. The summed E-state index contributed by atoms with van der Waals surface area (Å²) in [5, 5.41) is 5.96. The van der Waals surface area contributed by atoms with Crippen LogP contribution in [0.2, 0.25) is 0 Å². The molecule has 0 rings (SSSR count). The van der Waals surface area contributed by atoms with Crippen molar-refractivity contribution in [2.45, 2.75) is 71.9 Å². The number of carbonyl (C=O) groups excluding carboxylic acids is 2. The molecule has 0 aromatic rings. The van der Waals surface area contributed by atoms with E-state index < -0.39 is 6.04 Å². The van der Waals surface area contributed by atoms with Gasteiger partial charge >= 0.3 is 0 Å². The number of carbonyl (C=O) groups is 2. The highest BCUT2D eigenvalue weighted by Gasteiger charge is 2.23. The summed E-state index contributed by atoms with van der Waals surface area (Å²) in [6.45, 7) is 15.5. The summed E-state index contributed by atoms with van der Waals surface area (Å²) in [5.74, 6) is 0.0494. The van der Waals surface area contributed by atoms with E-state index in [1.54, 1.807) is 7.11 Å². The van der Waals surface area contributed by atoms with Gasteiger partial charge in [0.2, 0.25) is 11.8 Å². The Morgan fingerprint density at radius 2 is 1.02 bits per heavy atom. The number of ether oxygens (including phenoxy) is 8. The minimum atomic E-state index is -0.514. The number of amides is 2. The van der Waals surface area contributed by atoms with Crippen LogP contribution in [0.15, 0.2) is 0 Å². The molecule has 12 heteroatoms. The molecule has 254 valence electrons. The summed E-state index contributed by atoms with van der Waals surface area (Å²) in [4.78, 5) is 25.1. The lowest BCUT2D eigenvalue weighted by atomic mass is 10.0. The van der Waals surface area contributed by atoms with Crippen molar-refractivity contribution in [3.05, 3.63) is 0 Å². The summed E-state index contributed by atoms with van der Waals surface area (Å²) in [6, 6.07) is -0.411. The quantitative estimate of drug-likeness (QED) is 0.109. The van der Waals surface area contributed by atoms with Crippen LogP contribution in [0.3, 0.4) is 0 Å². The van der Waals surface area contributed by atoms with Crippen molar-refractivity contribution in [1.29, 1.82) is 0 Å². The first-order chi connectivity index (χ1) is 20.5. The van der Waals surface area contributed by atoms with Crippen molar-refractivity contribution in [3.8, 4) is 0 Å². The van der Waals surface area contributed by atoms with Gasteiger partial charge in [0.1, 0.15) is 6.04 Å². The fourth-order valence-corrected chi connectivity index (χ4v) is 3.70. The molecule has 0 aromatic carbocycles. The predicted octanol–water partition coefficient (Wildman–Crippen LogP) is 2.86. The van der Waals surface area contributed by atoms with Crippen LogP contribution in [0.1, 0.15) is 62.7 Å². The van der Waals surface area contributed by atoms with E-state index >= 15 is 0 Å². The molecule has 0 unspecified atom stereocenters. The standard InChI is InChI=1S/C30H60N2O10.2H2/c1-6-8-9-28(30(34)32-27(7-2)26(3)4)31-29(33)10-11-36-14-15-38-18-19-40-22-23-42-25-24-41-21-20-39-17-16-37-13-12-35-5;;/h26-28H,6-25H2,1-5H3,(H,31,33)(H,32,34);2*1H/t27-,28+;;/m1../s1. The number of methoxy groups -OCH3 is 1. The van der Waals surface area contributed by atoms with Crippen molar-refractivity contribution in [1.82, 2.24) is 10.6 Å². The summed E-state index contributed by atoms with van der Waals surface area (Å²) in [7, 11) is 1.64. The largest absolute Gasteiger partial charge is 0.382 e. The molecule has 2 N–H and O–H groups in total. The molecule has 2 amide bonds. The smallest absolute Gasteiger partial charge is 0.242 e. The van der Waals surface area contributed by atoms with Gasteiger partial charge in [-0.3, -0.25) is 9.59 Å². The van der Waals surface area contributed by atoms with E-state index in [-0.39, 0.29) is 33.7 Å². The number of nitrogens with one attached hydrogen (secondary N) is 2. The normalized spacial score (nSPS) is 12.9. The first-order valence-electron chi connectivity index (χ1n) is 15.6. The summed E-state index contributed by atoms with van der Waals surface area (Å²) >= 11 is 0. The molecular formula is C30H64N2O10. The minimum Gasteiger partial charge on any atom is -0.382 e. The molecule has 0 bridgehead atoms. The van der Waals surface area contributed by atoms with Gasteiger partial charge in [-0.25, -0.2) is 0 Å². The van der Waals surface area contributed by atoms with Crippen LogP contribution in [0.25, 0.3) is 0 Å². The number of hydrogen-bond acceptors (Lipinski definition) is 10. The highest BCUT2D eigenvalue weighted by atomic mass is 16.6. The fraction of sp³-hybridized carbons (Fsp3) is 0.933. The van der Waals surface area contributed by atoms with E-state index in [9.17, 15) is 9.59 Å². The Hall–Kier alpha value is -1.38. The lowest BCUT2D eigenvalue weighted by Gasteiger charge is -2.25. The van der Waals surface area contributed by atoms with Crippen LogP contribution in [0.4, 0.5) is 0 Å². The lowest BCUT2D eigenvalue weighted by Crippen LogP contribution is -2.50.